The highest BCUT2D eigenvalue weighted by Gasteiger charge is 2.13. The maximum absolute atomic E-state index is 11.1. The fourth-order valence-corrected chi connectivity index (χ4v) is 1.90. The van der Waals surface area contributed by atoms with Crippen LogP contribution in [-0.2, 0) is 9.53 Å². The van der Waals surface area contributed by atoms with Gasteiger partial charge in [0.05, 0.1) is 19.1 Å². The molecule has 0 amide bonds. The molecule has 0 bridgehead atoms. The van der Waals surface area contributed by atoms with Gasteiger partial charge in [-0.1, -0.05) is 11.8 Å². The van der Waals surface area contributed by atoms with Crippen molar-refractivity contribution >= 4 is 23.5 Å². The van der Waals surface area contributed by atoms with Gasteiger partial charge in [-0.25, -0.2) is 9.97 Å². The van der Waals surface area contributed by atoms with Crippen LogP contribution in [0, 0.1) is 0 Å². The Balaban J connectivity index is 2.35. The van der Waals surface area contributed by atoms with Crippen molar-refractivity contribution in [2.45, 2.75) is 24.5 Å². The Labute approximate surface area is 104 Å². The second-order valence-electron chi connectivity index (χ2n) is 3.22. The number of ether oxygens (including phenoxy) is 1. The van der Waals surface area contributed by atoms with Crippen molar-refractivity contribution in [2.24, 2.45) is 0 Å². The van der Waals surface area contributed by atoms with Gasteiger partial charge in [-0.15, -0.1) is 0 Å². The van der Waals surface area contributed by atoms with Gasteiger partial charge in [0.15, 0.2) is 5.82 Å². The number of carbonyl (C=O) groups is 1. The van der Waals surface area contributed by atoms with E-state index in [2.05, 4.69) is 9.97 Å². The molecule has 0 spiro atoms. The zero-order valence-electron chi connectivity index (χ0n) is 9.50. The lowest BCUT2D eigenvalue weighted by Crippen LogP contribution is -2.18. The second kappa shape index (κ2) is 7.08. The average molecular weight is 257 g/mol. The van der Waals surface area contributed by atoms with E-state index in [0.29, 0.717) is 23.2 Å². The van der Waals surface area contributed by atoms with Crippen LogP contribution in [0.5, 0.6) is 0 Å². The van der Waals surface area contributed by atoms with Crippen molar-refractivity contribution in [3.05, 3.63) is 12.4 Å². The summed E-state index contributed by atoms with van der Waals surface area (Å²) in [6, 6.07) is 0. The number of aliphatic hydroxyl groups excluding tert-OH is 1. The standard InChI is InChI=1S/C10H15N3O3S/c1-2-16-8(15)5-7(14)6-17-10-9(11)12-3-4-13-10/h3-4,7,14H,2,5-6H2,1H3,(H2,11,12). The molecular weight excluding hydrogens is 242 g/mol. The third-order valence-corrected chi connectivity index (χ3v) is 2.95. The lowest BCUT2D eigenvalue weighted by Gasteiger charge is -2.09. The van der Waals surface area contributed by atoms with Crippen LogP contribution in [0.3, 0.4) is 0 Å². The average Bonchev–Trinajstić information content (AvgIpc) is 2.28. The summed E-state index contributed by atoms with van der Waals surface area (Å²) in [5.41, 5.74) is 5.59. The number of anilines is 1. The van der Waals surface area contributed by atoms with Crippen molar-refractivity contribution in [1.82, 2.24) is 9.97 Å². The molecule has 0 radical (unpaired) electrons. The van der Waals surface area contributed by atoms with Crippen LogP contribution in [0.25, 0.3) is 0 Å². The molecule has 1 aromatic rings. The first-order valence-corrected chi connectivity index (χ1v) is 6.15. The SMILES string of the molecule is CCOC(=O)CC(O)CSc1nccnc1N. The van der Waals surface area contributed by atoms with Crippen LogP contribution in [-0.4, -0.2) is 39.5 Å². The maximum atomic E-state index is 11.1. The fourth-order valence-electron chi connectivity index (χ4n) is 1.09. The summed E-state index contributed by atoms with van der Waals surface area (Å²) in [5, 5.41) is 10.1. The Bertz CT molecular complexity index is 376. The molecule has 0 aliphatic heterocycles. The van der Waals surface area contributed by atoms with E-state index in [1.54, 1.807) is 6.92 Å². The van der Waals surface area contributed by atoms with Gasteiger partial charge in [0.1, 0.15) is 5.03 Å². The van der Waals surface area contributed by atoms with Crippen LogP contribution < -0.4 is 5.73 Å². The molecule has 0 saturated carbocycles. The second-order valence-corrected chi connectivity index (χ2v) is 4.23. The number of nitrogens with zero attached hydrogens (tertiary/aromatic N) is 2. The number of thioether (sulfide) groups is 1. The van der Waals surface area contributed by atoms with Crippen molar-refractivity contribution in [3.63, 3.8) is 0 Å². The van der Waals surface area contributed by atoms with Crippen LogP contribution in [0.4, 0.5) is 5.82 Å². The number of nitrogen functional groups attached to an aromatic ring is 1. The van der Waals surface area contributed by atoms with E-state index in [-0.39, 0.29) is 6.42 Å². The quantitative estimate of drug-likeness (QED) is 0.564. The lowest BCUT2D eigenvalue weighted by atomic mass is 10.3. The normalized spacial score (nSPS) is 12.1. The molecule has 7 heteroatoms. The van der Waals surface area contributed by atoms with E-state index in [4.69, 9.17) is 10.5 Å². The summed E-state index contributed by atoms with van der Waals surface area (Å²) in [6.07, 6.45) is 2.21. The molecule has 0 aliphatic carbocycles. The highest BCUT2D eigenvalue weighted by molar-refractivity contribution is 7.99. The molecular formula is C10H15N3O3S. The number of hydrogen-bond acceptors (Lipinski definition) is 7. The van der Waals surface area contributed by atoms with Crippen molar-refractivity contribution in [2.75, 3.05) is 18.1 Å². The Hall–Kier alpha value is -1.34. The predicted octanol–water partition coefficient (Wildman–Crippen LogP) is 0.465. The van der Waals surface area contributed by atoms with Gasteiger partial charge in [-0.05, 0) is 6.92 Å². The van der Waals surface area contributed by atoms with E-state index in [1.807, 2.05) is 0 Å². The summed E-state index contributed by atoms with van der Waals surface area (Å²) in [5.74, 6) is 0.232. The maximum Gasteiger partial charge on any atom is 0.308 e. The first-order valence-electron chi connectivity index (χ1n) is 5.16. The van der Waals surface area contributed by atoms with Gasteiger partial charge in [0.2, 0.25) is 0 Å². The topological polar surface area (TPSA) is 98.3 Å². The number of esters is 1. The van der Waals surface area contributed by atoms with E-state index >= 15 is 0 Å². The molecule has 0 aromatic carbocycles. The molecule has 0 saturated heterocycles. The summed E-state index contributed by atoms with van der Waals surface area (Å²) in [4.78, 5) is 19.0. The van der Waals surface area contributed by atoms with Crippen molar-refractivity contribution < 1.29 is 14.6 Å². The molecule has 3 N–H and O–H groups in total. The minimum atomic E-state index is -0.777. The first-order chi connectivity index (χ1) is 8.13. The Kier molecular flexibility index (Phi) is 5.71. The predicted molar refractivity (Wildman–Crippen MR) is 64.4 cm³/mol. The van der Waals surface area contributed by atoms with Gasteiger partial charge in [-0.2, -0.15) is 0 Å². The number of rotatable bonds is 6. The number of hydrogen-bond donors (Lipinski definition) is 2. The minimum absolute atomic E-state index is 0.0268. The molecule has 0 fully saturated rings. The van der Waals surface area contributed by atoms with Gasteiger partial charge in [-0.3, -0.25) is 4.79 Å². The molecule has 17 heavy (non-hydrogen) atoms. The fraction of sp³-hybridized carbons (Fsp3) is 0.500. The van der Waals surface area contributed by atoms with E-state index in [9.17, 15) is 9.90 Å². The van der Waals surface area contributed by atoms with E-state index in [0.717, 1.165) is 0 Å². The van der Waals surface area contributed by atoms with E-state index in [1.165, 1.54) is 24.2 Å². The summed E-state index contributed by atoms with van der Waals surface area (Å²) < 4.78 is 4.73. The van der Waals surface area contributed by atoms with Crippen LogP contribution in [0.15, 0.2) is 17.4 Å². The molecule has 0 aliphatic rings. The monoisotopic (exact) mass is 257 g/mol. The molecule has 6 nitrogen and oxygen atoms in total. The zero-order valence-corrected chi connectivity index (χ0v) is 10.3. The first kappa shape index (κ1) is 13.7. The summed E-state index contributed by atoms with van der Waals surface area (Å²) in [6.45, 7) is 2.04. The summed E-state index contributed by atoms with van der Waals surface area (Å²) >= 11 is 1.26. The van der Waals surface area contributed by atoms with Crippen LogP contribution in [0.2, 0.25) is 0 Å². The highest BCUT2D eigenvalue weighted by atomic mass is 32.2. The number of carbonyl (C=O) groups excluding carboxylic acids is 1. The number of nitrogens with two attached hydrogens (primary N) is 1. The molecule has 1 unspecified atom stereocenters. The minimum Gasteiger partial charge on any atom is -0.466 e. The number of aliphatic hydroxyl groups is 1. The molecule has 1 aromatic heterocycles. The van der Waals surface area contributed by atoms with Crippen molar-refractivity contribution in [3.8, 4) is 0 Å². The van der Waals surface area contributed by atoms with Gasteiger partial charge in [0, 0.05) is 18.1 Å². The number of aromatic nitrogens is 2. The molecule has 1 atom stereocenters. The van der Waals surface area contributed by atoms with Gasteiger partial charge >= 0.3 is 5.97 Å². The van der Waals surface area contributed by atoms with Gasteiger partial charge < -0.3 is 15.6 Å². The molecule has 1 heterocycles. The Morgan fingerprint density at radius 3 is 2.94 bits per heavy atom. The third kappa shape index (κ3) is 5.01. The smallest absolute Gasteiger partial charge is 0.308 e. The molecule has 94 valence electrons. The van der Waals surface area contributed by atoms with Gasteiger partial charge in [0.25, 0.3) is 0 Å². The lowest BCUT2D eigenvalue weighted by molar-refractivity contribution is -0.144. The molecule has 1 rings (SSSR count). The largest absolute Gasteiger partial charge is 0.466 e. The van der Waals surface area contributed by atoms with E-state index < -0.39 is 12.1 Å². The van der Waals surface area contributed by atoms with Crippen LogP contribution >= 0.6 is 11.8 Å². The third-order valence-electron chi connectivity index (χ3n) is 1.81. The highest BCUT2D eigenvalue weighted by Crippen LogP contribution is 2.21. The summed E-state index contributed by atoms with van der Waals surface area (Å²) in [7, 11) is 0. The van der Waals surface area contributed by atoms with Crippen LogP contribution in [0.1, 0.15) is 13.3 Å². The Morgan fingerprint density at radius 2 is 2.29 bits per heavy atom. The van der Waals surface area contributed by atoms with Crippen molar-refractivity contribution in [1.29, 1.82) is 0 Å². The zero-order chi connectivity index (χ0) is 12.7. The Morgan fingerprint density at radius 1 is 1.59 bits per heavy atom.